The van der Waals surface area contributed by atoms with Gasteiger partial charge in [-0.25, -0.2) is 9.59 Å². The van der Waals surface area contributed by atoms with Gasteiger partial charge in [-0.05, 0) is 45.4 Å². The van der Waals surface area contributed by atoms with Gasteiger partial charge in [-0.3, -0.25) is 4.79 Å². The quantitative estimate of drug-likeness (QED) is 0.729. The fraction of sp³-hybridized carbons (Fsp3) is 0.368. The summed E-state index contributed by atoms with van der Waals surface area (Å²) < 4.78 is 14.9. The Hall–Kier alpha value is -3.36. The molecule has 0 fully saturated rings. The number of amides is 2. The maximum absolute atomic E-state index is 12.0. The lowest BCUT2D eigenvalue weighted by molar-refractivity contribution is -0.119. The molecule has 1 aromatic heterocycles. The zero-order valence-corrected chi connectivity index (χ0v) is 16.2. The van der Waals surface area contributed by atoms with Crippen LogP contribution < -0.4 is 10.6 Å². The third-order valence-corrected chi connectivity index (χ3v) is 3.26. The van der Waals surface area contributed by atoms with E-state index in [4.69, 9.17) is 14.0 Å². The number of carbonyl (C=O) groups excluding carboxylic acids is 3. The third kappa shape index (κ3) is 7.10. The second kappa shape index (κ2) is 9.03. The molecular weight excluding hydrogens is 366 g/mol. The van der Waals surface area contributed by atoms with Crippen LogP contribution >= 0.6 is 0 Å². The van der Waals surface area contributed by atoms with Crippen molar-refractivity contribution in [1.82, 2.24) is 10.5 Å². The molecule has 0 atom stereocenters. The highest BCUT2D eigenvalue weighted by Crippen LogP contribution is 2.09. The van der Waals surface area contributed by atoms with E-state index in [1.54, 1.807) is 58.0 Å². The Morgan fingerprint density at radius 1 is 1.14 bits per heavy atom. The summed E-state index contributed by atoms with van der Waals surface area (Å²) >= 11 is 0. The Balaban J connectivity index is 1.78. The van der Waals surface area contributed by atoms with Crippen LogP contribution in [0.5, 0.6) is 0 Å². The first-order chi connectivity index (χ1) is 13.1. The highest BCUT2D eigenvalue weighted by Gasteiger charge is 2.16. The van der Waals surface area contributed by atoms with Crippen molar-refractivity contribution in [3.63, 3.8) is 0 Å². The van der Waals surface area contributed by atoms with Crippen LogP contribution in [0.4, 0.5) is 10.6 Å². The first-order valence-corrected chi connectivity index (χ1v) is 8.58. The minimum Gasteiger partial charge on any atom is -0.452 e. The predicted octanol–water partition coefficient (Wildman–Crippen LogP) is 2.80. The molecule has 0 radical (unpaired) electrons. The largest absolute Gasteiger partial charge is 0.452 e. The normalized spacial score (nSPS) is 10.9. The molecule has 0 bridgehead atoms. The van der Waals surface area contributed by atoms with Crippen molar-refractivity contribution in [1.29, 1.82) is 0 Å². The number of aryl methyl sites for hydroxylation is 1. The van der Waals surface area contributed by atoms with Crippen LogP contribution in [0.15, 0.2) is 34.9 Å². The fourth-order valence-corrected chi connectivity index (χ4v) is 2.07. The summed E-state index contributed by atoms with van der Waals surface area (Å²) in [5.74, 6) is -0.369. The minimum atomic E-state index is -0.641. The molecule has 2 aromatic rings. The topological polar surface area (TPSA) is 120 Å². The number of nitrogens with one attached hydrogen (secondary N) is 2. The predicted molar refractivity (Wildman–Crippen MR) is 99.7 cm³/mol. The number of alkyl carbamates (subject to hydrolysis) is 1. The molecule has 0 aliphatic carbocycles. The molecule has 2 rings (SSSR count). The van der Waals surface area contributed by atoms with E-state index in [1.165, 1.54) is 0 Å². The molecule has 150 valence electrons. The summed E-state index contributed by atoms with van der Waals surface area (Å²) in [7, 11) is 0. The van der Waals surface area contributed by atoms with Crippen LogP contribution in [0.1, 0.15) is 42.5 Å². The van der Waals surface area contributed by atoms with Gasteiger partial charge < -0.3 is 24.6 Å². The number of aromatic nitrogens is 1. The van der Waals surface area contributed by atoms with E-state index in [2.05, 4.69) is 15.8 Å². The van der Waals surface area contributed by atoms with Crippen LogP contribution in [0.2, 0.25) is 0 Å². The molecular formula is C19H23N3O6. The van der Waals surface area contributed by atoms with Gasteiger partial charge in [0.25, 0.3) is 5.91 Å². The van der Waals surface area contributed by atoms with Crippen molar-refractivity contribution < 1.29 is 28.4 Å². The Morgan fingerprint density at radius 2 is 1.82 bits per heavy atom. The number of benzene rings is 1. The number of esters is 1. The molecule has 1 heterocycles. The van der Waals surface area contributed by atoms with Gasteiger partial charge >= 0.3 is 12.1 Å². The van der Waals surface area contributed by atoms with Gasteiger partial charge in [-0.2, -0.15) is 0 Å². The van der Waals surface area contributed by atoms with Gasteiger partial charge in [0.2, 0.25) is 0 Å². The standard InChI is InChI=1S/C19H23N3O6/c1-12-9-15(22-28-12)21-16(23)11-26-17(24)14-7-5-13(6-8-14)10-20-18(25)27-19(2,3)4/h5-9H,10-11H2,1-4H3,(H,20,25)(H,21,22,23). The van der Waals surface area contributed by atoms with E-state index in [0.29, 0.717) is 5.76 Å². The molecule has 0 aliphatic rings. The van der Waals surface area contributed by atoms with Crippen LogP contribution in [-0.2, 0) is 20.8 Å². The smallest absolute Gasteiger partial charge is 0.407 e. The van der Waals surface area contributed by atoms with E-state index in [1.807, 2.05) is 0 Å². The lowest BCUT2D eigenvalue weighted by Crippen LogP contribution is -2.32. The minimum absolute atomic E-state index is 0.250. The molecule has 2 N–H and O–H groups in total. The summed E-state index contributed by atoms with van der Waals surface area (Å²) in [4.78, 5) is 35.4. The third-order valence-electron chi connectivity index (χ3n) is 3.26. The summed E-state index contributed by atoms with van der Waals surface area (Å²) in [5.41, 5.74) is 0.490. The summed E-state index contributed by atoms with van der Waals surface area (Å²) in [6.07, 6.45) is -0.524. The van der Waals surface area contributed by atoms with Crippen molar-refractivity contribution in [2.45, 2.75) is 39.8 Å². The lowest BCUT2D eigenvalue weighted by atomic mass is 10.1. The number of nitrogens with zero attached hydrogens (tertiary/aromatic N) is 1. The van der Waals surface area contributed by atoms with E-state index in [-0.39, 0.29) is 17.9 Å². The number of hydrogen-bond donors (Lipinski definition) is 2. The Kier molecular flexibility index (Phi) is 6.75. The molecule has 2 amide bonds. The summed E-state index contributed by atoms with van der Waals surface area (Å²) in [6.45, 7) is 6.83. The van der Waals surface area contributed by atoms with Crippen LogP contribution in [0.3, 0.4) is 0 Å². The first-order valence-electron chi connectivity index (χ1n) is 8.58. The summed E-state index contributed by atoms with van der Waals surface area (Å²) in [6, 6.07) is 7.99. The number of ether oxygens (including phenoxy) is 2. The van der Waals surface area contributed by atoms with Crippen molar-refractivity contribution in [3.05, 3.63) is 47.2 Å². The van der Waals surface area contributed by atoms with E-state index < -0.39 is 30.2 Å². The average Bonchev–Trinajstić information content (AvgIpc) is 3.01. The maximum Gasteiger partial charge on any atom is 0.407 e. The Bertz CT molecular complexity index is 836. The van der Waals surface area contributed by atoms with Crippen molar-refractivity contribution >= 4 is 23.8 Å². The molecule has 0 saturated heterocycles. The van der Waals surface area contributed by atoms with Crippen molar-refractivity contribution in [3.8, 4) is 0 Å². The van der Waals surface area contributed by atoms with Gasteiger partial charge in [-0.15, -0.1) is 0 Å². The average molecular weight is 389 g/mol. The van der Waals surface area contributed by atoms with Crippen molar-refractivity contribution in [2.75, 3.05) is 11.9 Å². The number of anilines is 1. The Labute approximate surface area is 162 Å². The van der Waals surface area contributed by atoms with Gasteiger partial charge in [0.05, 0.1) is 5.56 Å². The zero-order chi connectivity index (χ0) is 20.7. The first kappa shape index (κ1) is 20.9. The van der Waals surface area contributed by atoms with Gasteiger partial charge in [0, 0.05) is 12.6 Å². The second-order valence-electron chi connectivity index (χ2n) is 7.00. The van der Waals surface area contributed by atoms with Gasteiger partial charge in [0.15, 0.2) is 12.4 Å². The monoisotopic (exact) mass is 389 g/mol. The van der Waals surface area contributed by atoms with Crippen LogP contribution in [0.25, 0.3) is 0 Å². The molecule has 0 saturated carbocycles. The van der Waals surface area contributed by atoms with E-state index >= 15 is 0 Å². The SMILES string of the molecule is Cc1cc(NC(=O)COC(=O)c2ccc(CNC(=O)OC(C)(C)C)cc2)no1. The van der Waals surface area contributed by atoms with Crippen molar-refractivity contribution in [2.24, 2.45) is 0 Å². The molecule has 1 aromatic carbocycles. The molecule has 0 spiro atoms. The van der Waals surface area contributed by atoms with Gasteiger partial charge in [-0.1, -0.05) is 17.3 Å². The maximum atomic E-state index is 12.0. The Morgan fingerprint density at radius 3 is 2.39 bits per heavy atom. The number of hydrogen-bond acceptors (Lipinski definition) is 7. The van der Waals surface area contributed by atoms with Crippen LogP contribution in [-0.4, -0.2) is 35.3 Å². The highest BCUT2D eigenvalue weighted by atomic mass is 16.6. The summed E-state index contributed by atoms with van der Waals surface area (Å²) in [5, 5.41) is 8.69. The number of carbonyl (C=O) groups is 3. The lowest BCUT2D eigenvalue weighted by Gasteiger charge is -2.19. The second-order valence-corrected chi connectivity index (χ2v) is 7.00. The zero-order valence-electron chi connectivity index (χ0n) is 16.2. The molecule has 0 unspecified atom stereocenters. The molecule has 9 nitrogen and oxygen atoms in total. The molecule has 0 aliphatic heterocycles. The van der Waals surface area contributed by atoms with E-state index in [0.717, 1.165) is 5.56 Å². The van der Waals surface area contributed by atoms with E-state index in [9.17, 15) is 14.4 Å². The fourth-order valence-electron chi connectivity index (χ4n) is 2.07. The highest BCUT2D eigenvalue weighted by molar-refractivity contribution is 5.95. The molecule has 9 heteroatoms. The molecule has 28 heavy (non-hydrogen) atoms. The number of rotatable bonds is 6. The van der Waals surface area contributed by atoms with Crippen LogP contribution in [0, 0.1) is 6.92 Å². The van der Waals surface area contributed by atoms with Gasteiger partial charge in [0.1, 0.15) is 11.4 Å².